The molecule has 3 heterocycles. The minimum Gasteiger partial charge on any atom is -0.381 e. The van der Waals surface area contributed by atoms with Crippen LogP contribution in [0.3, 0.4) is 0 Å². The molecule has 1 aliphatic carbocycles. The highest BCUT2D eigenvalue weighted by Crippen LogP contribution is 2.29. The zero-order chi connectivity index (χ0) is 17.2. The van der Waals surface area contributed by atoms with E-state index in [0.717, 1.165) is 30.3 Å². The molecule has 1 aliphatic heterocycles. The van der Waals surface area contributed by atoms with Gasteiger partial charge in [0.2, 0.25) is 0 Å². The summed E-state index contributed by atoms with van der Waals surface area (Å²) in [5.74, 6) is 0.689. The lowest BCUT2D eigenvalue weighted by Crippen LogP contribution is -2.42. The number of rotatable bonds is 6. The highest BCUT2D eigenvalue weighted by Gasteiger charge is 2.30. The van der Waals surface area contributed by atoms with Crippen LogP contribution in [0.2, 0.25) is 0 Å². The van der Waals surface area contributed by atoms with E-state index in [4.69, 9.17) is 4.74 Å². The number of carbonyl (C=O) groups excluding carboxylic acids is 1. The van der Waals surface area contributed by atoms with Crippen LogP contribution in [0.1, 0.15) is 47.2 Å². The summed E-state index contributed by atoms with van der Waals surface area (Å²) < 4.78 is 7.81. The minimum atomic E-state index is -0.0798. The Labute approximate surface area is 147 Å². The highest BCUT2D eigenvalue weighted by atomic mass is 16.5. The molecule has 0 aromatic carbocycles. The molecule has 2 aromatic heterocycles. The van der Waals surface area contributed by atoms with Gasteiger partial charge in [0.15, 0.2) is 0 Å². The van der Waals surface area contributed by atoms with E-state index in [-0.39, 0.29) is 11.9 Å². The fraction of sp³-hybridized carbons (Fsp3) is 0.556. The summed E-state index contributed by atoms with van der Waals surface area (Å²) in [6.45, 7) is 4.59. The van der Waals surface area contributed by atoms with E-state index in [1.807, 2.05) is 22.6 Å². The van der Waals surface area contributed by atoms with Crippen LogP contribution in [0.4, 0.5) is 0 Å². The van der Waals surface area contributed by atoms with Crippen molar-refractivity contribution in [3.8, 4) is 0 Å². The van der Waals surface area contributed by atoms with Crippen molar-refractivity contribution in [3.05, 3.63) is 41.7 Å². The second-order valence-corrected chi connectivity index (χ2v) is 6.96. The summed E-state index contributed by atoms with van der Waals surface area (Å²) in [7, 11) is 0. The SMILES string of the molecule is Cc1cnc(C(=O)N2Cc3ccnn3[C@H](CCOCC3CC3)C2)cn1. The maximum atomic E-state index is 12.8. The molecule has 2 aliphatic rings. The van der Waals surface area contributed by atoms with Crippen LogP contribution in [-0.2, 0) is 11.3 Å². The Morgan fingerprint density at radius 2 is 2.20 bits per heavy atom. The van der Waals surface area contributed by atoms with Crippen LogP contribution < -0.4 is 0 Å². The molecule has 1 atom stereocenters. The third kappa shape index (κ3) is 3.71. The number of aromatic nitrogens is 4. The van der Waals surface area contributed by atoms with Crippen LogP contribution >= 0.6 is 0 Å². The predicted octanol–water partition coefficient (Wildman–Crippen LogP) is 2.00. The molecule has 0 N–H and O–H groups in total. The molecule has 2 aromatic rings. The van der Waals surface area contributed by atoms with Gasteiger partial charge in [-0.1, -0.05) is 0 Å². The van der Waals surface area contributed by atoms with Gasteiger partial charge in [0, 0.05) is 32.2 Å². The number of amides is 1. The fourth-order valence-electron chi connectivity index (χ4n) is 3.17. The molecular formula is C18H23N5O2. The van der Waals surface area contributed by atoms with Gasteiger partial charge in [-0.05, 0) is 38.2 Å². The van der Waals surface area contributed by atoms with Gasteiger partial charge in [-0.3, -0.25) is 14.5 Å². The van der Waals surface area contributed by atoms with E-state index in [9.17, 15) is 4.79 Å². The standard InChI is InChI=1S/C18H23N5O2/c1-13-8-20-17(9-19-13)18(24)22-10-15-4-6-21-23(15)16(11-22)5-7-25-12-14-2-3-14/h4,6,8-9,14,16H,2-3,5,7,10-12H2,1H3/t16-/m1/s1. The molecule has 4 rings (SSSR count). The van der Waals surface area contributed by atoms with E-state index in [1.54, 1.807) is 18.6 Å². The van der Waals surface area contributed by atoms with E-state index in [2.05, 4.69) is 15.1 Å². The zero-order valence-electron chi connectivity index (χ0n) is 14.5. The predicted molar refractivity (Wildman–Crippen MR) is 90.9 cm³/mol. The Balaban J connectivity index is 1.43. The van der Waals surface area contributed by atoms with Gasteiger partial charge in [-0.25, -0.2) is 4.98 Å². The molecule has 1 amide bonds. The Kier molecular flexibility index (Phi) is 4.48. The van der Waals surface area contributed by atoms with E-state index >= 15 is 0 Å². The number of hydrogen-bond donors (Lipinski definition) is 0. The van der Waals surface area contributed by atoms with Crippen LogP contribution in [0, 0.1) is 12.8 Å². The van der Waals surface area contributed by atoms with Gasteiger partial charge < -0.3 is 9.64 Å². The number of aryl methyl sites for hydroxylation is 1. The normalized spacial score (nSPS) is 19.7. The Morgan fingerprint density at radius 3 is 2.96 bits per heavy atom. The smallest absolute Gasteiger partial charge is 0.274 e. The average molecular weight is 341 g/mol. The topological polar surface area (TPSA) is 73.1 Å². The molecule has 0 spiro atoms. The van der Waals surface area contributed by atoms with Crippen LogP contribution in [0.5, 0.6) is 0 Å². The van der Waals surface area contributed by atoms with Crippen molar-refractivity contribution in [1.82, 2.24) is 24.6 Å². The van der Waals surface area contributed by atoms with Crippen molar-refractivity contribution in [1.29, 1.82) is 0 Å². The third-order valence-electron chi connectivity index (χ3n) is 4.82. The second-order valence-electron chi connectivity index (χ2n) is 6.96. The lowest BCUT2D eigenvalue weighted by molar-refractivity contribution is 0.0605. The fourth-order valence-corrected chi connectivity index (χ4v) is 3.17. The molecule has 0 radical (unpaired) electrons. The van der Waals surface area contributed by atoms with Gasteiger partial charge in [0.05, 0.1) is 30.2 Å². The molecule has 7 heteroatoms. The summed E-state index contributed by atoms with van der Waals surface area (Å²) >= 11 is 0. The van der Waals surface area contributed by atoms with Crippen LogP contribution in [0.25, 0.3) is 0 Å². The van der Waals surface area contributed by atoms with E-state index in [0.29, 0.717) is 25.4 Å². The van der Waals surface area contributed by atoms with Gasteiger partial charge in [0.1, 0.15) is 5.69 Å². The van der Waals surface area contributed by atoms with Crippen LogP contribution in [0.15, 0.2) is 24.7 Å². The summed E-state index contributed by atoms with van der Waals surface area (Å²) in [4.78, 5) is 23.0. The number of fused-ring (bicyclic) bond motifs is 1. The maximum Gasteiger partial charge on any atom is 0.274 e. The largest absolute Gasteiger partial charge is 0.381 e. The molecular weight excluding hydrogens is 318 g/mol. The molecule has 132 valence electrons. The Bertz CT molecular complexity index is 738. The summed E-state index contributed by atoms with van der Waals surface area (Å²) in [6, 6.07) is 2.11. The zero-order valence-corrected chi connectivity index (χ0v) is 14.5. The maximum absolute atomic E-state index is 12.8. The molecule has 0 saturated heterocycles. The van der Waals surface area contributed by atoms with Crippen molar-refractivity contribution in [2.45, 2.75) is 38.8 Å². The first kappa shape index (κ1) is 16.2. The van der Waals surface area contributed by atoms with E-state index < -0.39 is 0 Å². The second kappa shape index (κ2) is 6.92. The molecule has 0 bridgehead atoms. The molecule has 7 nitrogen and oxygen atoms in total. The first-order valence-corrected chi connectivity index (χ1v) is 8.89. The first-order valence-electron chi connectivity index (χ1n) is 8.89. The van der Waals surface area contributed by atoms with Crippen molar-refractivity contribution >= 4 is 5.91 Å². The van der Waals surface area contributed by atoms with Crippen molar-refractivity contribution in [2.24, 2.45) is 5.92 Å². The lowest BCUT2D eigenvalue weighted by Gasteiger charge is -2.33. The van der Waals surface area contributed by atoms with Gasteiger partial charge in [-0.15, -0.1) is 0 Å². The van der Waals surface area contributed by atoms with Crippen molar-refractivity contribution in [2.75, 3.05) is 19.8 Å². The summed E-state index contributed by atoms with van der Waals surface area (Å²) in [5.41, 5.74) is 2.24. The quantitative estimate of drug-likeness (QED) is 0.751. The van der Waals surface area contributed by atoms with Crippen LogP contribution in [-0.4, -0.2) is 50.3 Å². The molecule has 1 fully saturated rings. The lowest BCUT2D eigenvalue weighted by atomic mass is 10.1. The van der Waals surface area contributed by atoms with Crippen molar-refractivity contribution in [3.63, 3.8) is 0 Å². The number of ether oxygens (including phenoxy) is 1. The Morgan fingerprint density at radius 1 is 1.32 bits per heavy atom. The minimum absolute atomic E-state index is 0.0798. The Hall–Kier alpha value is -2.28. The van der Waals surface area contributed by atoms with Gasteiger partial charge >= 0.3 is 0 Å². The van der Waals surface area contributed by atoms with Gasteiger partial charge in [-0.2, -0.15) is 5.10 Å². The van der Waals surface area contributed by atoms with E-state index in [1.165, 1.54) is 12.8 Å². The average Bonchev–Trinajstić information content (AvgIpc) is 3.33. The van der Waals surface area contributed by atoms with Crippen molar-refractivity contribution < 1.29 is 9.53 Å². The molecule has 25 heavy (non-hydrogen) atoms. The summed E-state index contributed by atoms with van der Waals surface area (Å²) in [6.07, 6.45) is 8.43. The monoisotopic (exact) mass is 341 g/mol. The molecule has 0 unspecified atom stereocenters. The summed E-state index contributed by atoms with van der Waals surface area (Å²) in [5, 5.41) is 4.44. The van der Waals surface area contributed by atoms with Gasteiger partial charge in [0.25, 0.3) is 5.91 Å². The number of hydrogen-bond acceptors (Lipinski definition) is 5. The highest BCUT2D eigenvalue weighted by molar-refractivity contribution is 5.92. The third-order valence-corrected chi connectivity index (χ3v) is 4.82. The number of carbonyl (C=O) groups is 1. The number of nitrogens with zero attached hydrogens (tertiary/aromatic N) is 5. The first-order chi connectivity index (χ1) is 12.2. The molecule has 1 saturated carbocycles.